The van der Waals surface area contributed by atoms with Crippen LogP contribution in [0.2, 0.25) is 0 Å². The second-order valence-electron chi connectivity index (χ2n) is 5.35. The second-order valence-corrected chi connectivity index (χ2v) is 6.53. The maximum absolute atomic E-state index is 12.1. The van der Waals surface area contributed by atoms with E-state index in [4.69, 9.17) is 4.74 Å². The molecule has 0 aliphatic rings. The molecule has 8 nitrogen and oxygen atoms in total. The number of nitrogens with zero attached hydrogens (tertiary/aromatic N) is 4. The van der Waals surface area contributed by atoms with Gasteiger partial charge in [0.25, 0.3) is 5.56 Å². The summed E-state index contributed by atoms with van der Waals surface area (Å²) in [5, 5.41) is 15.7. The third-order valence-electron chi connectivity index (χ3n) is 3.39. The highest BCUT2D eigenvalue weighted by Gasteiger charge is 2.10. The Morgan fingerprint density at radius 3 is 2.62 bits per heavy atom. The smallest absolute Gasteiger partial charge is 0.267 e. The topological polar surface area (TPSA) is 99.0 Å². The van der Waals surface area contributed by atoms with Gasteiger partial charge in [0, 0.05) is 11.6 Å². The minimum Gasteiger partial charge on any atom is -0.494 e. The van der Waals surface area contributed by atoms with Gasteiger partial charge in [-0.2, -0.15) is 5.10 Å². The van der Waals surface area contributed by atoms with Gasteiger partial charge in [0.15, 0.2) is 0 Å². The van der Waals surface area contributed by atoms with E-state index in [0.717, 1.165) is 21.0 Å². The van der Waals surface area contributed by atoms with Crippen LogP contribution in [0.1, 0.15) is 11.9 Å². The van der Waals surface area contributed by atoms with E-state index in [9.17, 15) is 9.59 Å². The molecule has 0 unspecified atom stereocenters. The van der Waals surface area contributed by atoms with Gasteiger partial charge in [-0.3, -0.25) is 14.9 Å². The molecule has 0 atom stereocenters. The van der Waals surface area contributed by atoms with Crippen molar-refractivity contribution in [3.05, 3.63) is 51.8 Å². The number of nitrogens with one attached hydrogen (secondary N) is 1. The van der Waals surface area contributed by atoms with Gasteiger partial charge < -0.3 is 4.74 Å². The SMILES string of the molecule is CCOc1ccc(-c2ccc(=O)n(CC(=O)Nc3nnc(C)s3)n2)cc1. The highest BCUT2D eigenvalue weighted by Crippen LogP contribution is 2.20. The summed E-state index contributed by atoms with van der Waals surface area (Å²) in [6.45, 7) is 4.09. The van der Waals surface area contributed by atoms with E-state index in [1.165, 1.54) is 17.4 Å². The van der Waals surface area contributed by atoms with Crippen LogP contribution in [0.4, 0.5) is 5.13 Å². The molecular formula is C17H17N5O3S. The first kappa shape index (κ1) is 17.7. The van der Waals surface area contributed by atoms with Crippen LogP contribution in [0.5, 0.6) is 5.75 Å². The Morgan fingerprint density at radius 2 is 1.96 bits per heavy atom. The third kappa shape index (κ3) is 4.31. The molecule has 3 aromatic rings. The number of amides is 1. The van der Waals surface area contributed by atoms with E-state index < -0.39 is 0 Å². The highest BCUT2D eigenvalue weighted by molar-refractivity contribution is 7.15. The molecule has 2 aromatic heterocycles. The van der Waals surface area contributed by atoms with Gasteiger partial charge in [-0.05, 0) is 44.2 Å². The Bertz CT molecular complexity index is 965. The van der Waals surface area contributed by atoms with Crippen molar-refractivity contribution in [2.75, 3.05) is 11.9 Å². The Labute approximate surface area is 153 Å². The zero-order chi connectivity index (χ0) is 18.5. The minimum absolute atomic E-state index is 0.206. The van der Waals surface area contributed by atoms with Crippen LogP contribution in [-0.4, -0.2) is 32.5 Å². The summed E-state index contributed by atoms with van der Waals surface area (Å²) in [4.78, 5) is 24.1. The molecular weight excluding hydrogens is 354 g/mol. The number of hydrogen-bond donors (Lipinski definition) is 1. The molecule has 0 saturated heterocycles. The van der Waals surface area contributed by atoms with E-state index in [0.29, 0.717) is 17.4 Å². The van der Waals surface area contributed by atoms with E-state index in [-0.39, 0.29) is 18.0 Å². The molecule has 3 rings (SSSR count). The molecule has 9 heteroatoms. The summed E-state index contributed by atoms with van der Waals surface area (Å²) in [7, 11) is 0. The van der Waals surface area contributed by atoms with E-state index in [2.05, 4.69) is 20.6 Å². The van der Waals surface area contributed by atoms with Gasteiger partial charge >= 0.3 is 0 Å². The fraction of sp³-hybridized carbons (Fsp3) is 0.235. The lowest BCUT2D eigenvalue weighted by Gasteiger charge is -2.08. The summed E-state index contributed by atoms with van der Waals surface area (Å²) < 4.78 is 6.53. The van der Waals surface area contributed by atoms with Crippen molar-refractivity contribution >= 4 is 22.4 Å². The summed E-state index contributed by atoms with van der Waals surface area (Å²) in [6, 6.07) is 10.4. The molecule has 0 fully saturated rings. The maximum atomic E-state index is 12.1. The lowest BCUT2D eigenvalue weighted by molar-refractivity contribution is -0.117. The summed E-state index contributed by atoms with van der Waals surface area (Å²) in [5.41, 5.74) is 1.05. The number of benzene rings is 1. The van der Waals surface area contributed by atoms with Crippen molar-refractivity contribution in [2.45, 2.75) is 20.4 Å². The van der Waals surface area contributed by atoms with Gasteiger partial charge in [-0.15, -0.1) is 10.2 Å². The van der Waals surface area contributed by atoms with Crippen molar-refractivity contribution in [2.24, 2.45) is 0 Å². The predicted octanol–water partition coefficient (Wildman–Crippen LogP) is 2.11. The van der Waals surface area contributed by atoms with Crippen LogP contribution in [0.3, 0.4) is 0 Å². The van der Waals surface area contributed by atoms with Gasteiger partial charge in [0.2, 0.25) is 11.0 Å². The maximum Gasteiger partial charge on any atom is 0.267 e. The quantitative estimate of drug-likeness (QED) is 0.712. The van der Waals surface area contributed by atoms with Gasteiger partial charge in [-0.25, -0.2) is 4.68 Å². The molecule has 0 aliphatic heterocycles. The highest BCUT2D eigenvalue weighted by atomic mass is 32.1. The monoisotopic (exact) mass is 371 g/mol. The lowest BCUT2D eigenvalue weighted by Crippen LogP contribution is -2.29. The number of aryl methyl sites for hydroxylation is 1. The molecule has 1 aromatic carbocycles. The number of rotatable bonds is 6. The Morgan fingerprint density at radius 1 is 1.19 bits per heavy atom. The molecule has 134 valence electrons. The van der Waals surface area contributed by atoms with Gasteiger partial charge in [0.05, 0.1) is 12.3 Å². The Kier molecular flexibility index (Phi) is 5.37. The van der Waals surface area contributed by atoms with Crippen LogP contribution >= 0.6 is 11.3 Å². The summed E-state index contributed by atoms with van der Waals surface area (Å²) in [5.74, 6) is 0.371. The lowest BCUT2D eigenvalue weighted by atomic mass is 10.1. The van der Waals surface area contributed by atoms with E-state index in [1.54, 1.807) is 13.0 Å². The van der Waals surface area contributed by atoms with Crippen molar-refractivity contribution in [1.29, 1.82) is 0 Å². The molecule has 2 heterocycles. The molecule has 26 heavy (non-hydrogen) atoms. The summed E-state index contributed by atoms with van der Waals surface area (Å²) >= 11 is 1.26. The van der Waals surface area contributed by atoms with Crippen molar-refractivity contribution in [3.63, 3.8) is 0 Å². The standard InChI is InChI=1S/C17H17N5O3S/c1-3-25-13-6-4-12(5-7-13)14-8-9-16(24)22(21-14)10-15(23)18-17-20-19-11(2)26-17/h4-9H,3,10H2,1-2H3,(H,18,20,23). The zero-order valence-electron chi connectivity index (χ0n) is 14.3. The van der Waals surface area contributed by atoms with Gasteiger partial charge in [0.1, 0.15) is 17.3 Å². The van der Waals surface area contributed by atoms with Crippen LogP contribution in [0.25, 0.3) is 11.3 Å². The fourth-order valence-electron chi connectivity index (χ4n) is 2.25. The number of carbonyl (C=O) groups excluding carboxylic acids is 1. The first-order valence-electron chi connectivity index (χ1n) is 7.96. The van der Waals surface area contributed by atoms with Gasteiger partial charge in [-0.1, -0.05) is 11.3 Å². The molecule has 0 spiro atoms. The average Bonchev–Trinajstić information content (AvgIpc) is 3.02. The van der Waals surface area contributed by atoms with Crippen LogP contribution < -0.4 is 15.6 Å². The fourth-order valence-corrected chi connectivity index (χ4v) is 2.85. The Balaban J connectivity index is 1.76. The number of ether oxygens (including phenoxy) is 1. The summed E-state index contributed by atoms with van der Waals surface area (Å²) in [6.07, 6.45) is 0. The molecule has 1 N–H and O–H groups in total. The zero-order valence-corrected chi connectivity index (χ0v) is 15.1. The third-order valence-corrected chi connectivity index (χ3v) is 4.15. The molecule has 0 aliphatic carbocycles. The first-order chi connectivity index (χ1) is 12.5. The number of aromatic nitrogens is 4. The molecule has 0 saturated carbocycles. The van der Waals surface area contributed by atoms with Crippen LogP contribution in [0.15, 0.2) is 41.2 Å². The number of anilines is 1. The Hall–Kier alpha value is -3.07. The van der Waals surface area contributed by atoms with E-state index in [1.807, 2.05) is 31.2 Å². The molecule has 0 bridgehead atoms. The largest absolute Gasteiger partial charge is 0.494 e. The van der Waals surface area contributed by atoms with Crippen molar-refractivity contribution < 1.29 is 9.53 Å². The second kappa shape index (κ2) is 7.87. The molecule has 0 radical (unpaired) electrons. The number of carbonyl (C=O) groups is 1. The number of hydrogen-bond acceptors (Lipinski definition) is 7. The van der Waals surface area contributed by atoms with Crippen molar-refractivity contribution in [1.82, 2.24) is 20.0 Å². The normalized spacial score (nSPS) is 10.5. The predicted molar refractivity (Wildman–Crippen MR) is 98.4 cm³/mol. The average molecular weight is 371 g/mol. The minimum atomic E-state index is -0.389. The van der Waals surface area contributed by atoms with Crippen LogP contribution in [-0.2, 0) is 11.3 Å². The van der Waals surface area contributed by atoms with E-state index >= 15 is 0 Å². The first-order valence-corrected chi connectivity index (χ1v) is 8.78. The van der Waals surface area contributed by atoms with Crippen LogP contribution in [0, 0.1) is 6.92 Å². The molecule has 1 amide bonds. The van der Waals surface area contributed by atoms with Crippen molar-refractivity contribution in [3.8, 4) is 17.0 Å².